The molecule has 10 heavy (non-hydrogen) atoms. The summed E-state index contributed by atoms with van der Waals surface area (Å²) < 4.78 is 5.28. The smallest absolute Gasteiger partial charge is 0.191 e. The third kappa shape index (κ3) is 0.741. The summed E-state index contributed by atoms with van der Waals surface area (Å²) >= 11 is 5.97. The van der Waals surface area contributed by atoms with Crippen molar-refractivity contribution in [1.29, 1.82) is 0 Å². The van der Waals surface area contributed by atoms with E-state index in [0.717, 1.165) is 6.42 Å². The molecule has 0 aromatic rings. The van der Waals surface area contributed by atoms with Crippen molar-refractivity contribution in [2.45, 2.75) is 24.5 Å². The molecule has 1 heterocycles. The fourth-order valence-corrected chi connectivity index (χ4v) is 1.60. The number of alkyl halides is 1. The first-order valence-corrected chi connectivity index (χ1v) is 3.89. The van der Waals surface area contributed by atoms with Gasteiger partial charge in [0.2, 0.25) is 0 Å². The molecular weight excluding hydrogens is 148 g/mol. The second-order valence-electron chi connectivity index (χ2n) is 2.65. The SMILES string of the molecule is CCC1=CC=CC2(Cl)OC12. The average molecular weight is 157 g/mol. The second kappa shape index (κ2) is 1.86. The number of epoxide rings is 1. The summed E-state index contributed by atoms with van der Waals surface area (Å²) in [4.78, 5) is 0. The number of fused-ring (bicyclic) bond motifs is 1. The minimum atomic E-state index is -0.458. The largest absolute Gasteiger partial charge is 0.341 e. The van der Waals surface area contributed by atoms with Gasteiger partial charge in [0.05, 0.1) is 0 Å². The fraction of sp³-hybridized carbons (Fsp3) is 0.500. The number of halogens is 1. The summed E-state index contributed by atoms with van der Waals surface area (Å²) in [5.74, 6) is 0. The summed E-state index contributed by atoms with van der Waals surface area (Å²) in [7, 11) is 0. The van der Waals surface area contributed by atoms with Crippen molar-refractivity contribution in [3.8, 4) is 0 Å². The van der Waals surface area contributed by atoms with Gasteiger partial charge in [0.1, 0.15) is 6.10 Å². The van der Waals surface area contributed by atoms with Gasteiger partial charge in [-0.15, -0.1) is 0 Å². The Hall–Kier alpha value is -0.270. The molecule has 2 unspecified atom stereocenters. The zero-order chi connectivity index (χ0) is 7.19. The molecular formula is C8H9ClO. The van der Waals surface area contributed by atoms with Crippen LogP contribution in [0.3, 0.4) is 0 Å². The zero-order valence-electron chi connectivity index (χ0n) is 5.80. The molecule has 0 aromatic carbocycles. The minimum absolute atomic E-state index is 0.171. The maximum Gasteiger partial charge on any atom is 0.191 e. The molecule has 54 valence electrons. The van der Waals surface area contributed by atoms with E-state index in [-0.39, 0.29) is 6.10 Å². The minimum Gasteiger partial charge on any atom is -0.341 e. The van der Waals surface area contributed by atoms with Crippen molar-refractivity contribution in [3.63, 3.8) is 0 Å². The quantitative estimate of drug-likeness (QED) is 0.419. The molecule has 2 atom stereocenters. The first kappa shape index (κ1) is 6.44. The first-order chi connectivity index (χ1) is 4.76. The van der Waals surface area contributed by atoms with Crippen molar-refractivity contribution < 1.29 is 4.74 Å². The summed E-state index contributed by atoms with van der Waals surface area (Å²) in [6.45, 7) is 2.12. The van der Waals surface area contributed by atoms with Crippen molar-refractivity contribution in [2.24, 2.45) is 0 Å². The molecule has 0 amide bonds. The summed E-state index contributed by atoms with van der Waals surface area (Å²) in [6.07, 6.45) is 7.15. The Morgan fingerprint density at radius 2 is 2.60 bits per heavy atom. The maximum atomic E-state index is 5.97. The predicted octanol–water partition coefficient (Wildman–Crippen LogP) is 2.23. The number of ether oxygens (including phenoxy) is 1. The van der Waals surface area contributed by atoms with Crippen LogP contribution >= 0.6 is 11.6 Å². The van der Waals surface area contributed by atoms with Crippen LogP contribution in [0.25, 0.3) is 0 Å². The maximum absolute atomic E-state index is 5.97. The van der Waals surface area contributed by atoms with E-state index < -0.39 is 5.06 Å². The monoisotopic (exact) mass is 156 g/mol. The molecule has 0 bridgehead atoms. The Kier molecular flexibility index (Phi) is 1.20. The summed E-state index contributed by atoms with van der Waals surface area (Å²) in [5.41, 5.74) is 1.30. The molecule has 2 heteroatoms. The fourth-order valence-electron chi connectivity index (χ4n) is 1.30. The van der Waals surface area contributed by atoms with Crippen LogP contribution in [0.2, 0.25) is 0 Å². The summed E-state index contributed by atoms with van der Waals surface area (Å²) in [5, 5.41) is -0.458. The zero-order valence-corrected chi connectivity index (χ0v) is 6.56. The molecule has 1 aliphatic carbocycles. The van der Waals surface area contributed by atoms with E-state index in [1.165, 1.54) is 5.57 Å². The Labute approximate surface area is 65.3 Å². The van der Waals surface area contributed by atoms with Gasteiger partial charge in [-0.1, -0.05) is 30.7 Å². The summed E-state index contributed by atoms with van der Waals surface area (Å²) in [6, 6.07) is 0. The lowest BCUT2D eigenvalue weighted by atomic mass is 10.0. The van der Waals surface area contributed by atoms with Gasteiger partial charge in [0.25, 0.3) is 0 Å². The van der Waals surface area contributed by atoms with Crippen LogP contribution in [0.1, 0.15) is 13.3 Å². The van der Waals surface area contributed by atoms with Gasteiger partial charge in [-0.2, -0.15) is 0 Å². The molecule has 0 spiro atoms. The molecule has 0 saturated carbocycles. The van der Waals surface area contributed by atoms with Gasteiger partial charge in [-0.05, 0) is 18.1 Å². The van der Waals surface area contributed by atoms with Crippen molar-refractivity contribution in [3.05, 3.63) is 23.8 Å². The van der Waals surface area contributed by atoms with Crippen LogP contribution < -0.4 is 0 Å². The highest BCUT2D eigenvalue weighted by molar-refractivity contribution is 6.26. The third-order valence-electron chi connectivity index (χ3n) is 1.98. The highest BCUT2D eigenvalue weighted by Crippen LogP contribution is 2.48. The van der Waals surface area contributed by atoms with Crippen LogP contribution in [0.4, 0.5) is 0 Å². The number of hydrogen-bond donors (Lipinski definition) is 0. The van der Waals surface area contributed by atoms with E-state index in [2.05, 4.69) is 13.0 Å². The Morgan fingerprint density at radius 3 is 3.20 bits per heavy atom. The Bertz CT molecular complexity index is 219. The van der Waals surface area contributed by atoms with Crippen LogP contribution in [-0.2, 0) is 4.74 Å². The standard InChI is InChI=1S/C8H9ClO/c1-2-6-4-3-5-8(9)7(6)10-8/h3-5,7H,2H2,1H3. The second-order valence-corrected chi connectivity index (χ2v) is 3.24. The first-order valence-electron chi connectivity index (χ1n) is 3.51. The van der Waals surface area contributed by atoms with Crippen molar-refractivity contribution in [1.82, 2.24) is 0 Å². The van der Waals surface area contributed by atoms with Gasteiger partial charge in [-0.3, -0.25) is 0 Å². The Morgan fingerprint density at radius 1 is 1.80 bits per heavy atom. The molecule has 2 rings (SSSR count). The van der Waals surface area contributed by atoms with Gasteiger partial charge in [0, 0.05) is 0 Å². The van der Waals surface area contributed by atoms with E-state index in [0.29, 0.717) is 0 Å². The van der Waals surface area contributed by atoms with Gasteiger partial charge in [-0.25, -0.2) is 0 Å². The van der Waals surface area contributed by atoms with E-state index in [4.69, 9.17) is 16.3 Å². The highest BCUT2D eigenvalue weighted by atomic mass is 35.5. The lowest BCUT2D eigenvalue weighted by molar-refractivity contribution is 0.389. The molecule has 1 fully saturated rings. The van der Waals surface area contributed by atoms with Crippen molar-refractivity contribution in [2.75, 3.05) is 0 Å². The molecule has 1 saturated heterocycles. The van der Waals surface area contributed by atoms with E-state index in [1.54, 1.807) is 0 Å². The third-order valence-corrected chi connectivity index (χ3v) is 2.39. The van der Waals surface area contributed by atoms with Gasteiger partial charge in [0.15, 0.2) is 5.06 Å². The number of allylic oxidation sites excluding steroid dienone is 2. The van der Waals surface area contributed by atoms with Crippen molar-refractivity contribution >= 4 is 11.6 Å². The van der Waals surface area contributed by atoms with Gasteiger partial charge < -0.3 is 4.74 Å². The number of rotatable bonds is 1. The van der Waals surface area contributed by atoms with E-state index in [9.17, 15) is 0 Å². The van der Waals surface area contributed by atoms with Crippen LogP contribution in [0, 0.1) is 0 Å². The molecule has 1 nitrogen and oxygen atoms in total. The van der Waals surface area contributed by atoms with Gasteiger partial charge >= 0.3 is 0 Å². The topological polar surface area (TPSA) is 12.5 Å². The molecule has 0 N–H and O–H groups in total. The average Bonchev–Trinajstić information content (AvgIpc) is 2.59. The highest BCUT2D eigenvalue weighted by Gasteiger charge is 2.55. The van der Waals surface area contributed by atoms with E-state index >= 15 is 0 Å². The molecule has 0 radical (unpaired) electrons. The lowest BCUT2D eigenvalue weighted by Crippen LogP contribution is -2.07. The molecule has 1 aliphatic heterocycles. The predicted molar refractivity (Wildman–Crippen MR) is 41.0 cm³/mol. The number of hydrogen-bond acceptors (Lipinski definition) is 1. The van der Waals surface area contributed by atoms with Crippen LogP contribution in [0.5, 0.6) is 0 Å². The Balaban J connectivity index is 2.25. The van der Waals surface area contributed by atoms with Crippen LogP contribution in [0.15, 0.2) is 23.8 Å². The van der Waals surface area contributed by atoms with Crippen LogP contribution in [-0.4, -0.2) is 11.2 Å². The molecule has 0 aromatic heterocycles. The molecule has 2 aliphatic rings. The van der Waals surface area contributed by atoms with E-state index in [1.807, 2.05) is 12.2 Å². The normalized spacial score (nSPS) is 42.6. The lowest BCUT2D eigenvalue weighted by Gasteiger charge is -2.03.